The molecule has 0 heterocycles. The molecular formula is C20H25FN2O3S. The molecule has 1 N–H and O–H groups in total. The summed E-state index contributed by atoms with van der Waals surface area (Å²) < 4.78 is 39.0. The van der Waals surface area contributed by atoms with E-state index in [9.17, 15) is 17.6 Å². The van der Waals surface area contributed by atoms with Crippen molar-refractivity contribution in [3.05, 3.63) is 65.0 Å². The van der Waals surface area contributed by atoms with Crippen molar-refractivity contribution in [2.24, 2.45) is 5.92 Å². The zero-order valence-electron chi connectivity index (χ0n) is 16.2. The number of carbonyl (C=O) groups excluding carboxylic acids is 1. The topological polar surface area (TPSA) is 66.5 Å². The lowest BCUT2D eigenvalue weighted by Crippen LogP contribution is -2.32. The van der Waals surface area contributed by atoms with Crippen molar-refractivity contribution in [3.63, 3.8) is 0 Å². The SMILES string of the molecule is Cc1ccc(S(=O)(=O)N(C)C)cc1C(=O)N[C@@H](c1ccc(F)cc1)C(C)C. The molecule has 0 aliphatic heterocycles. The first kappa shape index (κ1) is 21.1. The van der Waals surface area contributed by atoms with Crippen LogP contribution in [-0.4, -0.2) is 32.7 Å². The molecule has 0 saturated heterocycles. The van der Waals surface area contributed by atoms with Crippen LogP contribution in [0.4, 0.5) is 4.39 Å². The summed E-state index contributed by atoms with van der Waals surface area (Å²) in [5.41, 5.74) is 1.76. The monoisotopic (exact) mass is 392 g/mol. The molecule has 146 valence electrons. The van der Waals surface area contributed by atoms with Gasteiger partial charge in [0.1, 0.15) is 5.82 Å². The fraction of sp³-hybridized carbons (Fsp3) is 0.350. The highest BCUT2D eigenvalue weighted by Crippen LogP contribution is 2.24. The Kier molecular flexibility index (Phi) is 6.38. The van der Waals surface area contributed by atoms with E-state index in [-0.39, 0.29) is 28.6 Å². The van der Waals surface area contributed by atoms with Gasteiger partial charge in [-0.2, -0.15) is 0 Å². The van der Waals surface area contributed by atoms with Crippen molar-refractivity contribution < 1.29 is 17.6 Å². The summed E-state index contributed by atoms with van der Waals surface area (Å²) in [5, 5.41) is 2.95. The molecule has 0 radical (unpaired) electrons. The van der Waals surface area contributed by atoms with Crippen LogP contribution < -0.4 is 5.32 Å². The molecule has 0 spiro atoms. The number of sulfonamides is 1. The van der Waals surface area contributed by atoms with Gasteiger partial charge in [-0.1, -0.05) is 32.0 Å². The van der Waals surface area contributed by atoms with E-state index in [1.54, 1.807) is 25.1 Å². The number of nitrogens with one attached hydrogen (secondary N) is 1. The van der Waals surface area contributed by atoms with E-state index in [2.05, 4.69) is 5.32 Å². The van der Waals surface area contributed by atoms with Gasteiger partial charge < -0.3 is 5.32 Å². The maximum atomic E-state index is 13.2. The number of rotatable bonds is 6. The van der Waals surface area contributed by atoms with Crippen LogP contribution in [0.1, 0.15) is 41.4 Å². The average molecular weight is 392 g/mol. The Balaban J connectivity index is 2.37. The molecule has 1 amide bonds. The molecule has 7 heteroatoms. The highest BCUT2D eigenvalue weighted by atomic mass is 32.2. The summed E-state index contributed by atoms with van der Waals surface area (Å²) in [4.78, 5) is 12.9. The van der Waals surface area contributed by atoms with Gasteiger partial charge in [0.15, 0.2) is 0 Å². The summed E-state index contributed by atoms with van der Waals surface area (Å²) in [5.74, 6) is -0.648. The third kappa shape index (κ3) is 4.73. The van der Waals surface area contributed by atoms with Crippen molar-refractivity contribution in [2.45, 2.75) is 31.7 Å². The fourth-order valence-corrected chi connectivity index (χ4v) is 3.67. The number of halogens is 1. The molecule has 0 bridgehead atoms. The number of aryl methyl sites for hydroxylation is 1. The molecule has 0 aliphatic carbocycles. The second-order valence-corrected chi connectivity index (χ2v) is 9.16. The smallest absolute Gasteiger partial charge is 0.252 e. The largest absolute Gasteiger partial charge is 0.345 e. The summed E-state index contributed by atoms with van der Waals surface area (Å²) in [6.45, 7) is 5.66. The predicted molar refractivity (Wildman–Crippen MR) is 103 cm³/mol. The Morgan fingerprint density at radius 1 is 1.07 bits per heavy atom. The second-order valence-electron chi connectivity index (χ2n) is 7.01. The van der Waals surface area contributed by atoms with Gasteiger partial charge in [-0.05, 0) is 48.2 Å². The van der Waals surface area contributed by atoms with Crippen LogP contribution in [0.15, 0.2) is 47.4 Å². The number of hydrogen-bond acceptors (Lipinski definition) is 3. The van der Waals surface area contributed by atoms with Crippen LogP contribution in [0.2, 0.25) is 0 Å². The summed E-state index contributed by atoms with van der Waals surface area (Å²) >= 11 is 0. The Morgan fingerprint density at radius 3 is 2.19 bits per heavy atom. The number of benzene rings is 2. The minimum absolute atomic E-state index is 0.0612. The molecule has 0 saturated carbocycles. The minimum atomic E-state index is -3.64. The Hall–Kier alpha value is -2.25. The fourth-order valence-electron chi connectivity index (χ4n) is 2.74. The van der Waals surface area contributed by atoms with Gasteiger partial charge in [0.2, 0.25) is 10.0 Å². The lowest BCUT2D eigenvalue weighted by Gasteiger charge is -2.23. The lowest BCUT2D eigenvalue weighted by molar-refractivity contribution is 0.0924. The number of carbonyl (C=O) groups is 1. The first-order chi connectivity index (χ1) is 12.5. The quantitative estimate of drug-likeness (QED) is 0.818. The van der Waals surface area contributed by atoms with Gasteiger partial charge in [-0.25, -0.2) is 17.1 Å². The molecule has 0 fully saturated rings. The molecule has 0 aromatic heterocycles. The zero-order chi connectivity index (χ0) is 20.4. The second kappa shape index (κ2) is 8.19. The van der Waals surface area contributed by atoms with E-state index in [1.807, 2.05) is 13.8 Å². The van der Waals surface area contributed by atoms with Crippen LogP contribution in [0.25, 0.3) is 0 Å². The number of nitrogens with zero attached hydrogens (tertiary/aromatic N) is 1. The predicted octanol–water partition coefficient (Wildman–Crippen LogP) is 3.51. The number of amides is 1. The molecule has 0 aliphatic rings. The van der Waals surface area contributed by atoms with Crippen LogP contribution in [0, 0.1) is 18.7 Å². The molecule has 2 rings (SSSR count). The molecule has 0 unspecified atom stereocenters. The normalized spacial score (nSPS) is 13.0. The minimum Gasteiger partial charge on any atom is -0.345 e. The first-order valence-corrected chi connectivity index (χ1v) is 10.1. The summed E-state index contributed by atoms with van der Waals surface area (Å²) in [6.07, 6.45) is 0. The van der Waals surface area contributed by atoms with E-state index in [1.165, 1.54) is 38.4 Å². The zero-order valence-corrected chi connectivity index (χ0v) is 17.0. The highest BCUT2D eigenvalue weighted by molar-refractivity contribution is 7.89. The van der Waals surface area contributed by atoms with Crippen molar-refractivity contribution in [1.29, 1.82) is 0 Å². The summed E-state index contributed by atoms with van der Waals surface area (Å²) in [6, 6.07) is 10.2. The van der Waals surface area contributed by atoms with Crippen LogP contribution in [0.3, 0.4) is 0 Å². The van der Waals surface area contributed by atoms with Crippen LogP contribution >= 0.6 is 0 Å². The molecule has 1 atom stereocenters. The molecular weight excluding hydrogens is 367 g/mol. The number of hydrogen-bond donors (Lipinski definition) is 1. The van der Waals surface area contributed by atoms with Crippen LogP contribution in [-0.2, 0) is 10.0 Å². The van der Waals surface area contributed by atoms with E-state index >= 15 is 0 Å². The van der Waals surface area contributed by atoms with Gasteiger partial charge in [0, 0.05) is 19.7 Å². The lowest BCUT2D eigenvalue weighted by atomic mass is 9.95. The Morgan fingerprint density at radius 2 is 1.67 bits per heavy atom. The third-order valence-electron chi connectivity index (χ3n) is 4.41. The molecule has 2 aromatic carbocycles. The molecule has 27 heavy (non-hydrogen) atoms. The van der Waals surface area contributed by atoms with Gasteiger partial charge in [-0.3, -0.25) is 4.79 Å². The maximum absolute atomic E-state index is 13.2. The van der Waals surface area contributed by atoms with E-state index in [0.29, 0.717) is 11.1 Å². The van der Waals surface area contributed by atoms with Crippen molar-refractivity contribution in [1.82, 2.24) is 9.62 Å². The van der Waals surface area contributed by atoms with Crippen molar-refractivity contribution in [3.8, 4) is 0 Å². The average Bonchev–Trinajstić information content (AvgIpc) is 2.60. The highest BCUT2D eigenvalue weighted by Gasteiger charge is 2.23. The Bertz CT molecular complexity index is 923. The maximum Gasteiger partial charge on any atom is 0.252 e. The van der Waals surface area contributed by atoms with E-state index in [4.69, 9.17) is 0 Å². The molecule has 5 nitrogen and oxygen atoms in total. The molecule has 2 aromatic rings. The van der Waals surface area contributed by atoms with Crippen molar-refractivity contribution in [2.75, 3.05) is 14.1 Å². The van der Waals surface area contributed by atoms with E-state index < -0.39 is 10.0 Å². The van der Waals surface area contributed by atoms with Gasteiger partial charge in [0.25, 0.3) is 5.91 Å². The van der Waals surface area contributed by atoms with Crippen LogP contribution in [0.5, 0.6) is 0 Å². The van der Waals surface area contributed by atoms with Crippen molar-refractivity contribution >= 4 is 15.9 Å². The third-order valence-corrected chi connectivity index (χ3v) is 6.23. The first-order valence-electron chi connectivity index (χ1n) is 8.63. The summed E-state index contributed by atoms with van der Waals surface area (Å²) in [7, 11) is -0.754. The standard InChI is InChI=1S/C20H25FN2O3S/c1-13(2)19(15-7-9-16(21)10-8-15)22-20(24)18-12-17(11-6-14(18)3)27(25,26)23(4)5/h6-13,19H,1-5H3,(H,22,24)/t19-/m1/s1. The Labute approximate surface area is 160 Å². The van der Waals surface area contributed by atoms with Gasteiger partial charge in [0.05, 0.1) is 10.9 Å². The van der Waals surface area contributed by atoms with Gasteiger partial charge in [-0.15, -0.1) is 0 Å². The van der Waals surface area contributed by atoms with Gasteiger partial charge >= 0.3 is 0 Å². The van der Waals surface area contributed by atoms with E-state index in [0.717, 1.165) is 9.87 Å².